The summed E-state index contributed by atoms with van der Waals surface area (Å²) in [7, 11) is 3.36. The van der Waals surface area contributed by atoms with Gasteiger partial charge in [0.25, 0.3) is 0 Å². The van der Waals surface area contributed by atoms with Gasteiger partial charge in [0.15, 0.2) is 5.82 Å². The molecule has 1 aliphatic heterocycles. The predicted octanol–water partition coefficient (Wildman–Crippen LogP) is 3.82. The molecule has 4 heterocycles. The maximum atomic E-state index is 12.3. The fourth-order valence-electron chi connectivity index (χ4n) is 5.40. The fourth-order valence-corrected chi connectivity index (χ4v) is 5.40. The molecule has 2 N–H and O–H groups in total. The van der Waals surface area contributed by atoms with E-state index in [1.165, 1.54) is 0 Å². The molecular weight excluding hydrogens is 442 g/mol. The summed E-state index contributed by atoms with van der Waals surface area (Å²) in [5, 5.41) is 6.16. The first kappa shape index (κ1) is 23.0. The molecule has 182 valence electrons. The third-order valence-electron chi connectivity index (χ3n) is 7.17. The topological polar surface area (TPSA) is 105 Å². The number of anilines is 3. The number of methoxy groups -OCH3 is 1. The van der Waals surface area contributed by atoms with Crippen LogP contribution in [-0.2, 0) is 4.79 Å². The number of carbonyl (C=O) groups is 1. The third-order valence-corrected chi connectivity index (χ3v) is 7.17. The number of pyridine rings is 2. The fraction of sp³-hybridized carbons (Fsp3) is 0.423. The standard InChI is InChI=1S/C26H31N7O2/c1-27-25(34)18-5-3-8-26(15-18)9-12-33(17-26)23-14-22(30-21-13-20(35-2)7-11-29-21)31-24(32-23)19-6-4-10-28-16-19/h4,6-7,10-11,13-14,16,18H,3,5,8-9,12,15,17H2,1-2H3,(H,27,34)(H,29,30,31,32). The van der Waals surface area contributed by atoms with Crippen molar-refractivity contribution in [1.82, 2.24) is 25.3 Å². The van der Waals surface area contributed by atoms with Crippen molar-refractivity contribution in [1.29, 1.82) is 0 Å². The van der Waals surface area contributed by atoms with E-state index in [4.69, 9.17) is 14.7 Å². The second kappa shape index (κ2) is 9.85. The molecular formula is C26H31N7O2. The van der Waals surface area contributed by atoms with Crippen molar-refractivity contribution < 1.29 is 9.53 Å². The normalized spacial score (nSPS) is 21.7. The highest BCUT2D eigenvalue weighted by molar-refractivity contribution is 5.78. The quantitative estimate of drug-likeness (QED) is 0.557. The van der Waals surface area contributed by atoms with Gasteiger partial charge < -0.3 is 20.3 Å². The molecule has 5 rings (SSSR count). The molecule has 35 heavy (non-hydrogen) atoms. The molecule has 1 saturated heterocycles. The molecule has 1 aliphatic carbocycles. The van der Waals surface area contributed by atoms with Gasteiger partial charge in [-0.1, -0.05) is 6.42 Å². The van der Waals surface area contributed by atoms with Crippen LogP contribution in [0.4, 0.5) is 17.5 Å². The Morgan fingerprint density at radius 2 is 2.09 bits per heavy atom. The summed E-state index contributed by atoms with van der Waals surface area (Å²) in [5.41, 5.74) is 0.999. The van der Waals surface area contributed by atoms with Gasteiger partial charge in [0.1, 0.15) is 23.2 Å². The number of rotatable bonds is 6. The zero-order chi connectivity index (χ0) is 24.3. The van der Waals surface area contributed by atoms with Crippen LogP contribution in [-0.4, -0.2) is 53.1 Å². The van der Waals surface area contributed by atoms with Crippen LogP contribution in [0.1, 0.15) is 32.1 Å². The maximum Gasteiger partial charge on any atom is 0.222 e. The van der Waals surface area contributed by atoms with Crippen LogP contribution in [0.15, 0.2) is 48.9 Å². The second-order valence-electron chi connectivity index (χ2n) is 9.46. The lowest BCUT2D eigenvalue weighted by molar-refractivity contribution is -0.126. The molecule has 2 aliphatic rings. The molecule has 2 atom stereocenters. The van der Waals surface area contributed by atoms with Crippen LogP contribution in [0, 0.1) is 11.3 Å². The first-order chi connectivity index (χ1) is 17.1. The summed E-state index contributed by atoms with van der Waals surface area (Å²) in [5.74, 6) is 3.75. The van der Waals surface area contributed by atoms with Crippen molar-refractivity contribution in [3.63, 3.8) is 0 Å². The maximum absolute atomic E-state index is 12.3. The van der Waals surface area contributed by atoms with Crippen LogP contribution in [0.2, 0.25) is 0 Å². The van der Waals surface area contributed by atoms with Gasteiger partial charge in [-0.05, 0) is 49.3 Å². The van der Waals surface area contributed by atoms with Crippen LogP contribution in [0.25, 0.3) is 11.4 Å². The minimum atomic E-state index is 0.0985. The molecule has 1 saturated carbocycles. The Morgan fingerprint density at radius 3 is 2.89 bits per heavy atom. The Labute approximate surface area is 205 Å². The number of nitrogens with one attached hydrogen (secondary N) is 2. The summed E-state index contributed by atoms with van der Waals surface area (Å²) in [4.78, 5) is 33.0. The van der Waals surface area contributed by atoms with Crippen molar-refractivity contribution in [3.05, 3.63) is 48.9 Å². The number of hydrogen-bond donors (Lipinski definition) is 2. The number of ether oxygens (including phenoxy) is 1. The molecule has 2 fully saturated rings. The molecule has 2 unspecified atom stereocenters. The van der Waals surface area contributed by atoms with Crippen LogP contribution in [0.3, 0.4) is 0 Å². The van der Waals surface area contributed by atoms with Gasteiger partial charge in [-0.25, -0.2) is 15.0 Å². The molecule has 0 bridgehead atoms. The van der Waals surface area contributed by atoms with Crippen molar-refractivity contribution in [2.24, 2.45) is 11.3 Å². The SMILES string of the molecule is CNC(=O)C1CCCC2(CCN(c3cc(Nc4cc(OC)ccn4)nc(-c4cccnc4)n3)C2)C1. The highest BCUT2D eigenvalue weighted by Crippen LogP contribution is 2.47. The Bertz CT molecular complexity index is 1190. The summed E-state index contributed by atoms with van der Waals surface area (Å²) >= 11 is 0. The number of amides is 1. The smallest absolute Gasteiger partial charge is 0.222 e. The molecule has 0 radical (unpaired) electrons. The van der Waals surface area contributed by atoms with E-state index in [-0.39, 0.29) is 17.2 Å². The summed E-state index contributed by atoms with van der Waals surface area (Å²) in [6.07, 6.45) is 10.4. The van der Waals surface area contributed by atoms with Crippen LogP contribution >= 0.6 is 0 Å². The number of aromatic nitrogens is 4. The molecule has 3 aromatic heterocycles. The van der Waals surface area contributed by atoms with Crippen molar-refractivity contribution in [2.45, 2.75) is 32.1 Å². The summed E-state index contributed by atoms with van der Waals surface area (Å²) in [6.45, 7) is 1.79. The van der Waals surface area contributed by atoms with Gasteiger partial charge in [-0.15, -0.1) is 0 Å². The summed E-state index contributed by atoms with van der Waals surface area (Å²) < 4.78 is 5.33. The van der Waals surface area contributed by atoms with E-state index in [9.17, 15) is 4.79 Å². The number of hydrogen-bond acceptors (Lipinski definition) is 8. The van der Waals surface area contributed by atoms with E-state index in [2.05, 4.69) is 25.5 Å². The monoisotopic (exact) mass is 473 g/mol. The Balaban J connectivity index is 1.44. The first-order valence-electron chi connectivity index (χ1n) is 12.1. The zero-order valence-electron chi connectivity index (χ0n) is 20.2. The molecule has 0 aromatic carbocycles. The first-order valence-corrected chi connectivity index (χ1v) is 12.1. The van der Waals surface area contributed by atoms with E-state index < -0.39 is 0 Å². The molecule has 1 spiro atoms. The van der Waals surface area contributed by atoms with Gasteiger partial charge in [0, 0.05) is 62.3 Å². The van der Waals surface area contributed by atoms with Crippen LogP contribution in [0.5, 0.6) is 5.75 Å². The van der Waals surface area contributed by atoms with E-state index in [0.29, 0.717) is 23.2 Å². The second-order valence-corrected chi connectivity index (χ2v) is 9.46. The van der Waals surface area contributed by atoms with Gasteiger partial charge in [-0.2, -0.15) is 0 Å². The van der Waals surface area contributed by atoms with Crippen molar-refractivity contribution in [3.8, 4) is 17.1 Å². The molecule has 3 aromatic rings. The van der Waals surface area contributed by atoms with Gasteiger partial charge in [0.05, 0.1) is 7.11 Å². The lowest BCUT2D eigenvalue weighted by Gasteiger charge is -2.37. The van der Waals surface area contributed by atoms with E-state index in [1.54, 1.807) is 38.8 Å². The number of nitrogens with zero attached hydrogens (tertiary/aromatic N) is 5. The van der Waals surface area contributed by atoms with Crippen LogP contribution < -0.4 is 20.3 Å². The lowest BCUT2D eigenvalue weighted by atomic mass is 9.69. The van der Waals surface area contributed by atoms with Crippen molar-refractivity contribution in [2.75, 3.05) is 37.5 Å². The van der Waals surface area contributed by atoms with Crippen molar-refractivity contribution >= 4 is 23.4 Å². The predicted molar refractivity (Wildman–Crippen MR) is 135 cm³/mol. The average molecular weight is 474 g/mol. The minimum absolute atomic E-state index is 0.0985. The van der Waals surface area contributed by atoms with Gasteiger partial charge >= 0.3 is 0 Å². The van der Waals surface area contributed by atoms with Gasteiger partial charge in [0.2, 0.25) is 5.91 Å². The Hall–Kier alpha value is -3.75. The Morgan fingerprint density at radius 1 is 1.17 bits per heavy atom. The highest BCUT2D eigenvalue weighted by Gasteiger charge is 2.43. The van der Waals surface area contributed by atoms with E-state index in [0.717, 1.165) is 56.6 Å². The van der Waals surface area contributed by atoms with Gasteiger partial charge in [-0.3, -0.25) is 9.78 Å². The third kappa shape index (κ3) is 5.03. The van der Waals surface area contributed by atoms with E-state index >= 15 is 0 Å². The highest BCUT2D eigenvalue weighted by atomic mass is 16.5. The number of carbonyl (C=O) groups excluding carboxylic acids is 1. The molecule has 9 heteroatoms. The zero-order valence-corrected chi connectivity index (χ0v) is 20.2. The Kier molecular flexibility index (Phi) is 6.48. The summed E-state index contributed by atoms with van der Waals surface area (Å²) in [6, 6.07) is 9.45. The minimum Gasteiger partial charge on any atom is -0.497 e. The molecule has 9 nitrogen and oxygen atoms in total. The lowest BCUT2D eigenvalue weighted by Crippen LogP contribution is -2.38. The average Bonchev–Trinajstić information content (AvgIpc) is 3.31. The molecule has 1 amide bonds. The largest absolute Gasteiger partial charge is 0.497 e. The van der Waals surface area contributed by atoms with E-state index in [1.807, 2.05) is 24.3 Å².